The summed E-state index contributed by atoms with van der Waals surface area (Å²) in [6.45, 7) is 2.50. The van der Waals surface area contributed by atoms with Crippen LogP contribution in [0.5, 0.6) is 0 Å². The summed E-state index contributed by atoms with van der Waals surface area (Å²) < 4.78 is 26.0. The molecule has 0 atom stereocenters. The molecule has 5 heteroatoms. The number of aryl methyl sites for hydroxylation is 1. The van der Waals surface area contributed by atoms with Crippen molar-refractivity contribution in [1.82, 2.24) is 0 Å². The van der Waals surface area contributed by atoms with E-state index in [1.807, 2.05) is 32.2 Å². The van der Waals surface area contributed by atoms with Crippen molar-refractivity contribution >= 4 is 21.4 Å². The van der Waals surface area contributed by atoms with Crippen LogP contribution in [-0.2, 0) is 16.4 Å². The topological polar surface area (TPSA) is 49.4 Å². The van der Waals surface area contributed by atoms with Crippen LogP contribution < -0.4 is 9.62 Å². The van der Waals surface area contributed by atoms with E-state index in [1.165, 1.54) is 0 Å². The van der Waals surface area contributed by atoms with Crippen molar-refractivity contribution in [1.29, 1.82) is 0 Å². The second kappa shape index (κ2) is 5.18. The molecule has 4 nitrogen and oxygen atoms in total. The Morgan fingerprint density at radius 2 is 2.17 bits per heavy atom. The van der Waals surface area contributed by atoms with Gasteiger partial charge in [0.15, 0.2) is 0 Å². The standard InChI is InChI=1S/C13H20N2O2S/c1-3-9-18(16,17)15-8-4-5-11-10-12(14-2)6-7-13(11)15/h6-7,10,14H,3-5,8-9H2,1-2H3. The van der Waals surface area contributed by atoms with Gasteiger partial charge in [-0.05, 0) is 43.0 Å². The fraction of sp³-hybridized carbons (Fsp3) is 0.538. The van der Waals surface area contributed by atoms with E-state index in [1.54, 1.807) is 4.31 Å². The van der Waals surface area contributed by atoms with Gasteiger partial charge in [0.25, 0.3) is 0 Å². The van der Waals surface area contributed by atoms with E-state index in [9.17, 15) is 8.42 Å². The first-order valence-corrected chi connectivity index (χ1v) is 8.00. The van der Waals surface area contributed by atoms with Crippen LogP contribution in [0.25, 0.3) is 0 Å². The third-order valence-corrected chi connectivity index (χ3v) is 5.22. The Balaban J connectivity index is 2.40. The monoisotopic (exact) mass is 268 g/mol. The van der Waals surface area contributed by atoms with E-state index in [0.29, 0.717) is 13.0 Å². The SMILES string of the molecule is CCCS(=O)(=O)N1CCCc2cc(NC)ccc21. The van der Waals surface area contributed by atoms with Crippen molar-refractivity contribution in [2.24, 2.45) is 0 Å². The lowest BCUT2D eigenvalue weighted by molar-refractivity contribution is 0.585. The highest BCUT2D eigenvalue weighted by Gasteiger charge is 2.26. The molecular weight excluding hydrogens is 248 g/mol. The van der Waals surface area contributed by atoms with Gasteiger partial charge in [-0.2, -0.15) is 0 Å². The van der Waals surface area contributed by atoms with Crippen LogP contribution >= 0.6 is 0 Å². The minimum atomic E-state index is -3.15. The summed E-state index contributed by atoms with van der Waals surface area (Å²) in [6.07, 6.45) is 2.49. The fourth-order valence-corrected chi connectivity index (χ4v) is 4.00. The van der Waals surface area contributed by atoms with Gasteiger partial charge in [0.05, 0.1) is 11.4 Å². The van der Waals surface area contributed by atoms with Crippen molar-refractivity contribution in [3.8, 4) is 0 Å². The molecule has 0 amide bonds. The first-order chi connectivity index (χ1) is 8.58. The van der Waals surface area contributed by atoms with Gasteiger partial charge in [0, 0.05) is 19.3 Å². The van der Waals surface area contributed by atoms with E-state index in [2.05, 4.69) is 5.32 Å². The predicted molar refractivity (Wildman–Crippen MR) is 75.7 cm³/mol. The lowest BCUT2D eigenvalue weighted by Gasteiger charge is -2.30. The molecule has 1 aromatic rings. The third-order valence-electron chi connectivity index (χ3n) is 3.24. The number of hydrogen-bond acceptors (Lipinski definition) is 3. The maximum absolute atomic E-state index is 12.2. The summed E-state index contributed by atoms with van der Waals surface area (Å²) in [6, 6.07) is 5.88. The van der Waals surface area contributed by atoms with Crippen LogP contribution in [0.1, 0.15) is 25.3 Å². The highest BCUT2D eigenvalue weighted by molar-refractivity contribution is 7.92. The Morgan fingerprint density at radius 3 is 2.83 bits per heavy atom. The smallest absolute Gasteiger partial charge is 0.235 e. The zero-order chi connectivity index (χ0) is 13.2. The molecule has 2 rings (SSSR count). The number of nitrogens with zero attached hydrogens (tertiary/aromatic N) is 1. The molecule has 1 aliphatic rings. The molecule has 0 fully saturated rings. The van der Waals surface area contributed by atoms with Crippen molar-refractivity contribution in [2.45, 2.75) is 26.2 Å². The van der Waals surface area contributed by atoms with Crippen molar-refractivity contribution < 1.29 is 8.42 Å². The molecule has 1 heterocycles. The average Bonchev–Trinajstić information content (AvgIpc) is 2.37. The van der Waals surface area contributed by atoms with Crippen molar-refractivity contribution in [3.05, 3.63) is 23.8 Å². The van der Waals surface area contributed by atoms with Gasteiger partial charge in [0.2, 0.25) is 10.0 Å². The number of benzene rings is 1. The van der Waals surface area contributed by atoms with E-state index < -0.39 is 10.0 Å². The van der Waals surface area contributed by atoms with Gasteiger partial charge in [-0.15, -0.1) is 0 Å². The van der Waals surface area contributed by atoms with E-state index in [4.69, 9.17) is 0 Å². The molecule has 0 spiro atoms. The molecule has 0 aliphatic carbocycles. The van der Waals surface area contributed by atoms with Gasteiger partial charge < -0.3 is 5.32 Å². The summed E-state index contributed by atoms with van der Waals surface area (Å²) in [4.78, 5) is 0. The second-order valence-electron chi connectivity index (χ2n) is 4.59. The lowest BCUT2D eigenvalue weighted by Crippen LogP contribution is -2.37. The first-order valence-electron chi connectivity index (χ1n) is 6.39. The summed E-state index contributed by atoms with van der Waals surface area (Å²) in [5.41, 5.74) is 3.00. The minimum absolute atomic E-state index is 0.222. The Kier molecular flexibility index (Phi) is 3.80. The normalized spacial score (nSPS) is 15.3. The van der Waals surface area contributed by atoms with Gasteiger partial charge in [-0.1, -0.05) is 6.92 Å². The molecule has 100 valence electrons. The number of nitrogens with one attached hydrogen (secondary N) is 1. The molecule has 0 aromatic heterocycles. The number of sulfonamides is 1. The first kappa shape index (κ1) is 13.2. The van der Waals surface area contributed by atoms with Crippen LogP contribution in [0.4, 0.5) is 11.4 Å². The summed E-state index contributed by atoms with van der Waals surface area (Å²) in [5.74, 6) is 0.222. The molecular formula is C13H20N2O2S. The lowest BCUT2D eigenvalue weighted by atomic mass is 10.0. The molecule has 1 aliphatic heterocycles. The number of anilines is 2. The molecule has 1 N–H and O–H groups in total. The molecule has 0 unspecified atom stereocenters. The number of hydrogen-bond donors (Lipinski definition) is 1. The Bertz CT molecular complexity index is 526. The molecule has 0 saturated heterocycles. The van der Waals surface area contributed by atoms with E-state index in [0.717, 1.165) is 29.8 Å². The predicted octanol–water partition coefficient (Wildman–Crippen LogP) is 2.22. The highest BCUT2D eigenvalue weighted by Crippen LogP contribution is 2.31. The summed E-state index contributed by atoms with van der Waals surface area (Å²) in [5, 5.41) is 3.09. The highest BCUT2D eigenvalue weighted by atomic mass is 32.2. The quantitative estimate of drug-likeness (QED) is 0.911. The Hall–Kier alpha value is -1.23. The van der Waals surface area contributed by atoms with Gasteiger partial charge in [-0.25, -0.2) is 8.42 Å². The summed E-state index contributed by atoms with van der Waals surface area (Å²) in [7, 11) is -1.28. The van der Waals surface area contributed by atoms with Crippen LogP contribution in [0.2, 0.25) is 0 Å². The maximum Gasteiger partial charge on any atom is 0.235 e. The van der Waals surface area contributed by atoms with Gasteiger partial charge in [-0.3, -0.25) is 4.31 Å². The molecule has 18 heavy (non-hydrogen) atoms. The fourth-order valence-electron chi connectivity index (χ4n) is 2.38. The average molecular weight is 268 g/mol. The van der Waals surface area contributed by atoms with E-state index >= 15 is 0 Å². The van der Waals surface area contributed by atoms with Crippen LogP contribution in [-0.4, -0.2) is 27.8 Å². The third kappa shape index (κ3) is 2.46. The number of rotatable bonds is 4. The molecule has 0 bridgehead atoms. The zero-order valence-corrected chi connectivity index (χ0v) is 11.8. The molecule has 0 radical (unpaired) electrons. The second-order valence-corrected chi connectivity index (χ2v) is 6.60. The van der Waals surface area contributed by atoms with Crippen LogP contribution in [0.15, 0.2) is 18.2 Å². The summed E-state index contributed by atoms with van der Waals surface area (Å²) >= 11 is 0. The van der Waals surface area contributed by atoms with Gasteiger partial charge in [0.1, 0.15) is 0 Å². The van der Waals surface area contributed by atoms with Crippen LogP contribution in [0, 0.1) is 0 Å². The Labute approximate surface area is 109 Å². The van der Waals surface area contributed by atoms with Gasteiger partial charge >= 0.3 is 0 Å². The minimum Gasteiger partial charge on any atom is -0.388 e. The Morgan fingerprint density at radius 1 is 1.39 bits per heavy atom. The molecule has 0 saturated carbocycles. The maximum atomic E-state index is 12.2. The molecule has 1 aromatic carbocycles. The van der Waals surface area contributed by atoms with Crippen molar-refractivity contribution in [2.75, 3.05) is 29.0 Å². The zero-order valence-electron chi connectivity index (χ0n) is 10.9. The number of fused-ring (bicyclic) bond motifs is 1. The van der Waals surface area contributed by atoms with Crippen molar-refractivity contribution in [3.63, 3.8) is 0 Å². The largest absolute Gasteiger partial charge is 0.388 e. The van der Waals surface area contributed by atoms with E-state index in [-0.39, 0.29) is 5.75 Å². The van der Waals surface area contributed by atoms with Crippen LogP contribution in [0.3, 0.4) is 0 Å².